The second-order valence-electron chi connectivity index (χ2n) is 9.54. The Labute approximate surface area is 187 Å². The first kappa shape index (κ1) is 19.7. The van der Waals surface area contributed by atoms with Crippen LogP contribution in [0.4, 0.5) is 0 Å². The predicted molar refractivity (Wildman–Crippen MR) is 119 cm³/mol. The van der Waals surface area contributed by atoms with Gasteiger partial charge in [-0.2, -0.15) is 0 Å². The summed E-state index contributed by atoms with van der Waals surface area (Å²) in [6.45, 7) is 2.59. The standard InChI is InChI=1S/C25H29N5O2/c31-24(26-20-7-4-8-20)23-28-27-22-9-11-25(19-5-2-1-3-6-19)12-13-29(21(25)16-30(22)23)15-18-10-14-32-17-18/h1-3,5-6,10,14,17,20-21H,4,7-9,11-13,15-16H2,(H,26,31)/t21-,25-/m0/s1. The molecule has 0 unspecified atom stereocenters. The molecule has 0 bridgehead atoms. The number of hydrogen-bond acceptors (Lipinski definition) is 5. The molecule has 2 fully saturated rings. The monoisotopic (exact) mass is 431 g/mol. The van der Waals surface area contributed by atoms with Crippen molar-refractivity contribution in [3.63, 3.8) is 0 Å². The fraction of sp³-hybridized carbons (Fsp3) is 0.480. The summed E-state index contributed by atoms with van der Waals surface area (Å²) >= 11 is 0. The summed E-state index contributed by atoms with van der Waals surface area (Å²) in [4.78, 5) is 15.6. The minimum Gasteiger partial charge on any atom is -0.472 e. The van der Waals surface area contributed by atoms with Crippen LogP contribution in [0.1, 0.15) is 59.7 Å². The molecule has 1 N–H and O–H groups in total. The normalized spacial score (nSPS) is 25.6. The molecule has 1 saturated heterocycles. The number of rotatable bonds is 5. The van der Waals surface area contributed by atoms with Crippen molar-refractivity contribution < 1.29 is 9.21 Å². The first-order valence-electron chi connectivity index (χ1n) is 11.8. The third-order valence-electron chi connectivity index (χ3n) is 7.86. The third-order valence-corrected chi connectivity index (χ3v) is 7.86. The van der Waals surface area contributed by atoms with Gasteiger partial charge in [-0.1, -0.05) is 30.3 Å². The minimum atomic E-state index is -0.0833. The highest BCUT2D eigenvalue weighted by Gasteiger charge is 2.50. The topological polar surface area (TPSA) is 76.2 Å². The van der Waals surface area contributed by atoms with Crippen LogP contribution in [0.3, 0.4) is 0 Å². The van der Waals surface area contributed by atoms with E-state index >= 15 is 0 Å². The summed E-state index contributed by atoms with van der Waals surface area (Å²) in [6, 6.07) is 13.5. The fourth-order valence-electron chi connectivity index (χ4n) is 5.84. The highest BCUT2D eigenvalue weighted by atomic mass is 16.3. The molecule has 2 aliphatic heterocycles. The lowest BCUT2D eigenvalue weighted by Crippen LogP contribution is -2.45. The van der Waals surface area contributed by atoms with E-state index in [4.69, 9.17) is 4.42 Å². The summed E-state index contributed by atoms with van der Waals surface area (Å²) in [5.41, 5.74) is 2.61. The lowest BCUT2D eigenvalue weighted by molar-refractivity contribution is 0.0897. The van der Waals surface area contributed by atoms with Crippen LogP contribution in [0.15, 0.2) is 53.3 Å². The van der Waals surface area contributed by atoms with E-state index in [1.54, 1.807) is 6.26 Å². The molecule has 7 nitrogen and oxygen atoms in total. The van der Waals surface area contributed by atoms with Gasteiger partial charge in [-0.15, -0.1) is 10.2 Å². The molecule has 4 heterocycles. The number of likely N-dealkylation sites (tertiary alicyclic amines) is 1. The number of nitrogens with zero attached hydrogens (tertiary/aromatic N) is 4. The van der Waals surface area contributed by atoms with Crippen molar-refractivity contribution in [2.45, 2.75) is 69.1 Å². The van der Waals surface area contributed by atoms with Gasteiger partial charge >= 0.3 is 0 Å². The number of fused-ring (bicyclic) bond motifs is 2. The van der Waals surface area contributed by atoms with Gasteiger partial charge in [0.25, 0.3) is 5.91 Å². The Morgan fingerprint density at radius 1 is 1.16 bits per heavy atom. The first-order chi connectivity index (χ1) is 15.7. The average molecular weight is 432 g/mol. The maximum Gasteiger partial charge on any atom is 0.289 e. The van der Waals surface area contributed by atoms with Crippen molar-refractivity contribution in [3.8, 4) is 0 Å². The van der Waals surface area contributed by atoms with E-state index in [1.807, 2.05) is 12.3 Å². The summed E-state index contributed by atoms with van der Waals surface area (Å²) in [7, 11) is 0. The van der Waals surface area contributed by atoms with Crippen molar-refractivity contribution in [1.82, 2.24) is 25.0 Å². The zero-order valence-electron chi connectivity index (χ0n) is 18.2. The maximum absolute atomic E-state index is 13.0. The smallest absolute Gasteiger partial charge is 0.289 e. The molecule has 3 aliphatic rings. The molecule has 3 aromatic rings. The van der Waals surface area contributed by atoms with E-state index in [9.17, 15) is 4.79 Å². The van der Waals surface area contributed by atoms with Crippen LogP contribution in [0.2, 0.25) is 0 Å². The van der Waals surface area contributed by atoms with Gasteiger partial charge in [-0.25, -0.2) is 0 Å². The minimum absolute atomic E-state index is 0.0351. The molecule has 1 aliphatic carbocycles. The zero-order chi connectivity index (χ0) is 21.5. The Balaban J connectivity index is 1.36. The molecule has 6 rings (SSSR count). The molecule has 0 radical (unpaired) electrons. The molecule has 32 heavy (non-hydrogen) atoms. The number of furan rings is 1. The fourth-order valence-corrected chi connectivity index (χ4v) is 5.84. The van der Waals surface area contributed by atoms with Crippen LogP contribution in [-0.4, -0.2) is 44.2 Å². The van der Waals surface area contributed by atoms with Crippen molar-refractivity contribution in [2.24, 2.45) is 0 Å². The van der Waals surface area contributed by atoms with Crippen LogP contribution in [0, 0.1) is 0 Å². The van der Waals surface area contributed by atoms with E-state index in [1.165, 1.54) is 17.5 Å². The summed E-state index contributed by atoms with van der Waals surface area (Å²) in [6.07, 6.45) is 9.82. The molecule has 0 spiro atoms. The Hall–Kier alpha value is -2.93. The number of nitrogens with one attached hydrogen (secondary N) is 1. The van der Waals surface area contributed by atoms with E-state index in [-0.39, 0.29) is 23.4 Å². The van der Waals surface area contributed by atoms with Gasteiger partial charge in [0.2, 0.25) is 5.82 Å². The summed E-state index contributed by atoms with van der Waals surface area (Å²) in [5.74, 6) is 1.31. The van der Waals surface area contributed by atoms with Crippen LogP contribution in [0.5, 0.6) is 0 Å². The molecule has 1 aromatic carbocycles. The molecule has 1 saturated carbocycles. The molecular weight excluding hydrogens is 402 g/mol. The van der Waals surface area contributed by atoms with Gasteiger partial charge in [0, 0.05) is 42.6 Å². The third kappa shape index (κ3) is 3.26. The maximum atomic E-state index is 13.0. The van der Waals surface area contributed by atoms with Gasteiger partial charge in [-0.05, 0) is 50.3 Å². The number of benzene rings is 1. The molecule has 7 heteroatoms. The van der Waals surface area contributed by atoms with Gasteiger partial charge < -0.3 is 14.3 Å². The SMILES string of the molecule is O=C(NC1CCC1)c1nnc2n1C[C@@H]1N(Cc3ccoc3)CC[C@]1(c1ccccc1)CC2. The summed E-state index contributed by atoms with van der Waals surface area (Å²) < 4.78 is 7.43. The van der Waals surface area contributed by atoms with Crippen LogP contribution >= 0.6 is 0 Å². The highest BCUT2D eigenvalue weighted by Crippen LogP contribution is 2.46. The molecule has 1 amide bonds. The molecule has 166 valence electrons. The Bertz CT molecular complexity index is 1090. The van der Waals surface area contributed by atoms with Crippen molar-refractivity contribution >= 4 is 5.91 Å². The number of amides is 1. The average Bonchev–Trinajstić information content (AvgIpc) is 3.50. The second kappa shape index (κ2) is 7.89. The largest absolute Gasteiger partial charge is 0.472 e. The van der Waals surface area contributed by atoms with Crippen molar-refractivity contribution in [1.29, 1.82) is 0 Å². The Morgan fingerprint density at radius 2 is 2.03 bits per heavy atom. The number of aromatic nitrogens is 3. The van der Waals surface area contributed by atoms with Crippen molar-refractivity contribution in [2.75, 3.05) is 6.54 Å². The number of aryl methyl sites for hydroxylation is 1. The van der Waals surface area contributed by atoms with Crippen molar-refractivity contribution in [3.05, 3.63) is 71.7 Å². The number of hydrogen-bond donors (Lipinski definition) is 1. The molecule has 2 atom stereocenters. The van der Waals surface area contributed by atoms with Gasteiger partial charge in [0.15, 0.2) is 0 Å². The van der Waals surface area contributed by atoms with Crippen LogP contribution in [0.25, 0.3) is 0 Å². The molecular formula is C25H29N5O2. The van der Waals surface area contributed by atoms with E-state index in [2.05, 4.69) is 55.3 Å². The molecule has 2 aromatic heterocycles. The van der Waals surface area contributed by atoms with E-state index < -0.39 is 0 Å². The van der Waals surface area contributed by atoms with Crippen LogP contribution < -0.4 is 5.32 Å². The van der Waals surface area contributed by atoms with Gasteiger partial charge in [0.1, 0.15) is 5.82 Å². The van der Waals surface area contributed by atoms with E-state index in [0.29, 0.717) is 5.82 Å². The Morgan fingerprint density at radius 3 is 2.78 bits per heavy atom. The van der Waals surface area contributed by atoms with Crippen LogP contribution in [-0.2, 0) is 24.9 Å². The lowest BCUT2D eigenvalue weighted by Gasteiger charge is -2.37. The summed E-state index contributed by atoms with van der Waals surface area (Å²) in [5, 5.41) is 11.9. The highest BCUT2D eigenvalue weighted by molar-refractivity contribution is 5.91. The quantitative estimate of drug-likeness (QED) is 0.671. The second-order valence-corrected chi connectivity index (χ2v) is 9.54. The lowest BCUT2D eigenvalue weighted by atomic mass is 9.71. The zero-order valence-corrected chi connectivity index (χ0v) is 18.2. The van der Waals surface area contributed by atoms with E-state index in [0.717, 1.165) is 57.6 Å². The Kier molecular flexibility index (Phi) is 4.86. The van der Waals surface area contributed by atoms with Gasteiger partial charge in [-0.3, -0.25) is 9.69 Å². The first-order valence-corrected chi connectivity index (χ1v) is 11.8. The van der Waals surface area contributed by atoms with Gasteiger partial charge in [0.05, 0.1) is 12.5 Å². The predicted octanol–water partition coefficient (Wildman–Crippen LogP) is 3.31. The number of carbonyl (C=O) groups excluding carboxylic acids is 1. The number of carbonyl (C=O) groups is 1.